The van der Waals surface area contributed by atoms with Gasteiger partial charge in [0, 0.05) is 6.04 Å². The first kappa shape index (κ1) is 11.7. The van der Waals surface area contributed by atoms with E-state index in [1.807, 2.05) is 13.0 Å². The minimum absolute atomic E-state index is 0.173. The fourth-order valence-electron chi connectivity index (χ4n) is 1.40. The van der Waals surface area contributed by atoms with E-state index in [0.717, 1.165) is 12.0 Å². The average Bonchev–Trinajstić information content (AvgIpc) is 2.18. The molecule has 0 aromatic heterocycles. The van der Waals surface area contributed by atoms with Gasteiger partial charge < -0.3 is 5.32 Å². The Kier molecular flexibility index (Phi) is 4.86. The molecule has 1 atom stereocenters. The van der Waals surface area contributed by atoms with E-state index in [9.17, 15) is 4.39 Å². The number of benzene rings is 1. The highest BCUT2D eigenvalue weighted by atomic mass is 19.1. The summed E-state index contributed by atoms with van der Waals surface area (Å²) in [7, 11) is 0. The van der Waals surface area contributed by atoms with Gasteiger partial charge in [0.2, 0.25) is 0 Å². The second kappa shape index (κ2) is 6.21. The number of hydrogen-bond donors (Lipinski definition) is 1. The van der Waals surface area contributed by atoms with Crippen LogP contribution in [0.2, 0.25) is 0 Å². The van der Waals surface area contributed by atoms with Crippen molar-refractivity contribution in [2.45, 2.75) is 26.3 Å². The van der Waals surface area contributed by atoms with Crippen molar-refractivity contribution in [3.8, 4) is 11.8 Å². The minimum Gasteiger partial charge on any atom is -0.303 e. The van der Waals surface area contributed by atoms with Crippen LogP contribution in [0.3, 0.4) is 0 Å². The molecule has 0 spiro atoms. The Hall–Kier alpha value is -1.33. The molecule has 0 heterocycles. The average molecular weight is 205 g/mol. The van der Waals surface area contributed by atoms with Gasteiger partial charge in [0.05, 0.1) is 6.54 Å². The van der Waals surface area contributed by atoms with E-state index in [-0.39, 0.29) is 5.82 Å². The standard InChI is InChI=1S/C13H16FN/c1-3-4-8-15-11(2)9-12-6-5-7-13(14)10-12/h5-7,10-11,15H,8-9H2,1-2H3. The molecule has 1 aromatic rings. The molecule has 0 aliphatic heterocycles. The monoisotopic (exact) mass is 205 g/mol. The van der Waals surface area contributed by atoms with E-state index in [0.29, 0.717) is 12.6 Å². The summed E-state index contributed by atoms with van der Waals surface area (Å²) < 4.78 is 12.9. The summed E-state index contributed by atoms with van der Waals surface area (Å²) in [6, 6.07) is 7.02. The van der Waals surface area contributed by atoms with Crippen LogP contribution in [0.15, 0.2) is 24.3 Å². The number of hydrogen-bond acceptors (Lipinski definition) is 1. The van der Waals surface area contributed by atoms with Gasteiger partial charge in [-0.1, -0.05) is 18.1 Å². The van der Waals surface area contributed by atoms with E-state index < -0.39 is 0 Å². The van der Waals surface area contributed by atoms with Gasteiger partial charge in [-0.25, -0.2) is 4.39 Å². The van der Waals surface area contributed by atoms with Crippen LogP contribution in [0.5, 0.6) is 0 Å². The van der Waals surface area contributed by atoms with Gasteiger partial charge >= 0.3 is 0 Å². The molecule has 0 radical (unpaired) electrons. The van der Waals surface area contributed by atoms with Gasteiger partial charge in [-0.2, -0.15) is 0 Å². The van der Waals surface area contributed by atoms with Crippen molar-refractivity contribution in [3.63, 3.8) is 0 Å². The maximum atomic E-state index is 12.9. The minimum atomic E-state index is -0.173. The van der Waals surface area contributed by atoms with Crippen LogP contribution in [0.25, 0.3) is 0 Å². The summed E-state index contributed by atoms with van der Waals surface area (Å²) in [6.45, 7) is 4.58. The van der Waals surface area contributed by atoms with Gasteiger partial charge in [-0.05, 0) is 38.0 Å². The Morgan fingerprint density at radius 3 is 2.93 bits per heavy atom. The quantitative estimate of drug-likeness (QED) is 0.744. The van der Waals surface area contributed by atoms with Crippen LogP contribution >= 0.6 is 0 Å². The lowest BCUT2D eigenvalue weighted by Gasteiger charge is -2.11. The highest BCUT2D eigenvalue weighted by Gasteiger charge is 2.02. The summed E-state index contributed by atoms with van der Waals surface area (Å²) in [6.07, 6.45) is 0.823. The van der Waals surface area contributed by atoms with Gasteiger partial charge in [0.1, 0.15) is 5.82 Å². The molecule has 1 unspecified atom stereocenters. The van der Waals surface area contributed by atoms with E-state index in [4.69, 9.17) is 0 Å². The van der Waals surface area contributed by atoms with Crippen molar-refractivity contribution < 1.29 is 4.39 Å². The van der Waals surface area contributed by atoms with Crippen molar-refractivity contribution >= 4 is 0 Å². The first-order valence-corrected chi connectivity index (χ1v) is 5.10. The van der Waals surface area contributed by atoms with Crippen molar-refractivity contribution in [2.24, 2.45) is 0 Å². The third kappa shape index (κ3) is 4.62. The lowest BCUT2D eigenvalue weighted by molar-refractivity contribution is 0.579. The predicted molar refractivity (Wildman–Crippen MR) is 61.0 cm³/mol. The molecule has 0 amide bonds. The summed E-state index contributed by atoms with van der Waals surface area (Å²) >= 11 is 0. The molecule has 0 aliphatic rings. The van der Waals surface area contributed by atoms with Crippen molar-refractivity contribution in [2.75, 3.05) is 6.54 Å². The topological polar surface area (TPSA) is 12.0 Å². The van der Waals surface area contributed by atoms with E-state index >= 15 is 0 Å². The van der Waals surface area contributed by atoms with E-state index in [2.05, 4.69) is 24.1 Å². The summed E-state index contributed by atoms with van der Waals surface area (Å²) in [5.74, 6) is 5.59. The van der Waals surface area contributed by atoms with Crippen LogP contribution in [-0.4, -0.2) is 12.6 Å². The molecule has 1 rings (SSSR count). The summed E-state index contributed by atoms with van der Waals surface area (Å²) in [4.78, 5) is 0. The molecule has 1 aromatic carbocycles. The Bertz CT molecular complexity index is 362. The summed E-state index contributed by atoms with van der Waals surface area (Å²) in [5, 5.41) is 3.26. The molecular formula is C13H16FN. The van der Waals surface area contributed by atoms with Gasteiger partial charge in [0.25, 0.3) is 0 Å². The highest BCUT2D eigenvalue weighted by molar-refractivity contribution is 5.17. The van der Waals surface area contributed by atoms with Crippen molar-refractivity contribution in [1.29, 1.82) is 0 Å². The maximum absolute atomic E-state index is 12.9. The molecular weight excluding hydrogens is 189 g/mol. The first-order chi connectivity index (χ1) is 7.22. The predicted octanol–water partition coefficient (Wildman–Crippen LogP) is 2.37. The molecule has 0 bridgehead atoms. The van der Waals surface area contributed by atoms with Crippen LogP contribution in [0.4, 0.5) is 4.39 Å². The molecule has 15 heavy (non-hydrogen) atoms. The van der Waals surface area contributed by atoms with Crippen LogP contribution in [0.1, 0.15) is 19.4 Å². The number of halogens is 1. The Labute approximate surface area is 90.7 Å². The second-order valence-electron chi connectivity index (χ2n) is 3.54. The lowest BCUT2D eigenvalue weighted by Crippen LogP contribution is -2.28. The lowest BCUT2D eigenvalue weighted by atomic mass is 10.1. The molecule has 0 saturated carbocycles. The Morgan fingerprint density at radius 2 is 2.27 bits per heavy atom. The second-order valence-corrected chi connectivity index (χ2v) is 3.54. The largest absolute Gasteiger partial charge is 0.303 e. The van der Waals surface area contributed by atoms with Crippen LogP contribution in [-0.2, 0) is 6.42 Å². The molecule has 0 fully saturated rings. The fourth-order valence-corrected chi connectivity index (χ4v) is 1.40. The van der Waals surface area contributed by atoms with Crippen molar-refractivity contribution in [3.05, 3.63) is 35.6 Å². The fraction of sp³-hybridized carbons (Fsp3) is 0.385. The molecule has 0 aliphatic carbocycles. The van der Waals surface area contributed by atoms with E-state index in [1.54, 1.807) is 12.1 Å². The van der Waals surface area contributed by atoms with Gasteiger partial charge in [-0.3, -0.25) is 0 Å². The number of rotatable bonds is 4. The summed E-state index contributed by atoms with van der Waals surface area (Å²) in [5.41, 5.74) is 1.01. The molecule has 1 nitrogen and oxygen atoms in total. The van der Waals surface area contributed by atoms with Crippen LogP contribution < -0.4 is 5.32 Å². The molecule has 2 heteroatoms. The zero-order valence-electron chi connectivity index (χ0n) is 9.18. The third-order valence-corrected chi connectivity index (χ3v) is 2.15. The maximum Gasteiger partial charge on any atom is 0.123 e. The Balaban J connectivity index is 2.42. The molecule has 80 valence electrons. The molecule has 1 N–H and O–H groups in total. The normalized spacial score (nSPS) is 11.7. The van der Waals surface area contributed by atoms with Gasteiger partial charge in [-0.15, -0.1) is 5.92 Å². The Morgan fingerprint density at radius 1 is 1.47 bits per heavy atom. The van der Waals surface area contributed by atoms with E-state index in [1.165, 1.54) is 6.07 Å². The highest BCUT2D eigenvalue weighted by Crippen LogP contribution is 2.06. The smallest absolute Gasteiger partial charge is 0.123 e. The SMILES string of the molecule is CC#CCNC(C)Cc1cccc(F)c1. The zero-order valence-corrected chi connectivity index (χ0v) is 9.18. The first-order valence-electron chi connectivity index (χ1n) is 5.10. The van der Waals surface area contributed by atoms with Crippen LogP contribution in [0, 0.1) is 17.7 Å². The zero-order chi connectivity index (χ0) is 11.1. The molecule has 0 saturated heterocycles. The number of nitrogens with one attached hydrogen (secondary N) is 1. The third-order valence-electron chi connectivity index (χ3n) is 2.15. The van der Waals surface area contributed by atoms with Gasteiger partial charge in [0.15, 0.2) is 0 Å². The van der Waals surface area contributed by atoms with Crippen molar-refractivity contribution in [1.82, 2.24) is 5.32 Å².